The molecular formula is C31H37Cl2N3O4S. The minimum absolute atomic E-state index is 0.00657. The molecule has 0 saturated heterocycles. The molecule has 10 heteroatoms. The molecule has 3 aromatic rings. The Morgan fingerprint density at radius 2 is 1.61 bits per heavy atom. The van der Waals surface area contributed by atoms with Gasteiger partial charge in [-0.1, -0.05) is 79.0 Å². The molecule has 0 fully saturated rings. The van der Waals surface area contributed by atoms with Gasteiger partial charge in [-0.05, 0) is 75.1 Å². The summed E-state index contributed by atoms with van der Waals surface area (Å²) in [5.41, 5.74) is 2.63. The molecule has 3 aromatic carbocycles. The van der Waals surface area contributed by atoms with Gasteiger partial charge in [0.05, 0.1) is 10.6 Å². The molecule has 0 spiro atoms. The first-order valence-corrected chi connectivity index (χ1v) is 15.8. The van der Waals surface area contributed by atoms with E-state index < -0.39 is 28.5 Å². The van der Waals surface area contributed by atoms with E-state index in [9.17, 15) is 18.0 Å². The Balaban J connectivity index is 2.11. The first-order chi connectivity index (χ1) is 19.4. The van der Waals surface area contributed by atoms with Crippen LogP contribution in [0.15, 0.2) is 71.6 Å². The summed E-state index contributed by atoms with van der Waals surface area (Å²) in [4.78, 5) is 29.1. The van der Waals surface area contributed by atoms with Crippen molar-refractivity contribution in [3.05, 3.63) is 93.5 Å². The van der Waals surface area contributed by atoms with E-state index in [0.717, 1.165) is 16.3 Å². The van der Waals surface area contributed by atoms with Crippen LogP contribution in [-0.2, 0) is 26.2 Å². The molecule has 0 bridgehead atoms. The molecule has 2 atom stereocenters. The standard InChI is InChI=1S/C31H37Cl2N3O4S/c1-6-23(5)34-31(38)28(7-2)35(19-24-14-15-25(32)18-27(24)33)30(37)20-36(29-16-13-21(3)17-22(29)4)41(39,40)26-11-9-8-10-12-26/h8-18,23,28H,6-7,19-20H2,1-5H3,(H,34,38)/t23-,28-/m0/s1. The monoisotopic (exact) mass is 617 g/mol. The zero-order valence-corrected chi connectivity index (χ0v) is 26.4. The van der Waals surface area contributed by atoms with Gasteiger partial charge in [-0.3, -0.25) is 13.9 Å². The second-order valence-electron chi connectivity index (χ2n) is 10.1. The number of hydrogen-bond donors (Lipinski definition) is 1. The maximum absolute atomic E-state index is 14.2. The van der Waals surface area contributed by atoms with Gasteiger partial charge in [-0.25, -0.2) is 8.42 Å². The van der Waals surface area contributed by atoms with Gasteiger partial charge in [-0.2, -0.15) is 0 Å². The Bertz CT molecular complexity index is 1480. The SMILES string of the molecule is CC[C@H](C)NC(=O)[C@H](CC)N(Cc1ccc(Cl)cc1Cl)C(=O)CN(c1ccc(C)cc1C)S(=O)(=O)c1ccccc1. The number of amides is 2. The van der Waals surface area contributed by atoms with E-state index >= 15 is 0 Å². The van der Waals surface area contributed by atoms with Crippen LogP contribution in [0.2, 0.25) is 10.0 Å². The second kappa shape index (κ2) is 14.2. The Labute approximate surface area is 253 Å². The van der Waals surface area contributed by atoms with Crippen LogP contribution in [-0.4, -0.2) is 43.8 Å². The third-order valence-corrected chi connectivity index (χ3v) is 9.33. The second-order valence-corrected chi connectivity index (χ2v) is 12.8. The molecule has 41 heavy (non-hydrogen) atoms. The molecule has 0 aliphatic heterocycles. The fraction of sp³-hybridized carbons (Fsp3) is 0.355. The van der Waals surface area contributed by atoms with Gasteiger partial charge in [0.15, 0.2) is 0 Å². The molecule has 220 valence electrons. The predicted molar refractivity (Wildman–Crippen MR) is 166 cm³/mol. The molecule has 0 unspecified atom stereocenters. The number of nitrogens with zero attached hydrogens (tertiary/aromatic N) is 2. The third kappa shape index (κ3) is 8.03. The first kappa shape index (κ1) is 32.4. The van der Waals surface area contributed by atoms with E-state index in [4.69, 9.17) is 23.2 Å². The Morgan fingerprint density at radius 3 is 2.20 bits per heavy atom. The fourth-order valence-corrected chi connectivity index (χ4v) is 6.48. The summed E-state index contributed by atoms with van der Waals surface area (Å²) in [5.74, 6) is -0.856. The summed E-state index contributed by atoms with van der Waals surface area (Å²) in [7, 11) is -4.14. The van der Waals surface area contributed by atoms with Crippen molar-refractivity contribution in [1.82, 2.24) is 10.2 Å². The van der Waals surface area contributed by atoms with Gasteiger partial charge < -0.3 is 10.2 Å². The Morgan fingerprint density at radius 1 is 0.927 bits per heavy atom. The van der Waals surface area contributed by atoms with Crippen LogP contribution in [0.3, 0.4) is 0 Å². The van der Waals surface area contributed by atoms with E-state index in [1.807, 2.05) is 33.8 Å². The highest BCUT2D eigenvalue weighted by atomic mass is 35.5. The molecule has 0 radical (unpaired) electrons. The van der Waals surface area contributed by atoms with Crippen LogP contribution < -0.4 is 9.62 Å². The van der Waals surface area contributed by atoms with Crippen LogP contribution in [0.4, 0.5) is 5.69 Å². The quantitative estimate of drug-likeness (QED) is 0.250. The maximum atomic E-state index is 14.2. The lowest BCUT2D eigenvalue weighted by Gasteiger charge is -2.34. The minimum atomic E-state index is -4.14. The van der Waals surface area contributed by atoms with Crippen molar-refractivity contribution >= 4 is 50.7 Å². The number of benzene rings is 3. The van der Waals surface area contributed by atoms with E-state index in [2.05, 4.69) is 5.32 Å². The van der Waals surface area contributed by atoms with Crippen molar-refractivity contribution in [2.24, 2.45) is 0 Å². The number of aryl methyl sites for hydroxylation is 2. The number of anilines is 1. The van der Waals surface area contributed by atoms with Crippen molar-refractivity contribution in [3.8, 4) is 0 Å². The lowest BCUT2D eigenvalue weighted by atomic mass is 10.1. The molecule has 2 amide bonds. The summed E-state index contributed by atoms with van der Waals surface area (Å²) in [6.45, 7) is 8.86. The predicted octanol–water partition coefficient (Wildman–Crippen LogP) is 6.53. The van der Waals surface area contributed by atoms with Crippen LogP contribution in [0.25, 0.3) is 0 Å². The summed E-state index contributed by atoms with van der Waals surface area (Å²) < 4.78 is 29.1. The molecule has 0 aliphatic carbocycles. The number of carbonyl (C=O) groups excluding carboxylic acids is 2. The van der Waals surface area contributed by atoms with Gasteiger partial charge in [0.25, 0.3) is 10.0 Å². The molecule has 7 nitrogen and oxygen atoms in total. The van der Waals surface area contributed by atoms with Crippen molar-refractivity contribution < 1.29 is 18.0 Å². The molecule has 1 N–H and O–H groups in total. The molecule has 0 aromatic heterocycles. The van der Waals surface area contributed by atoms with Gasteiger partial charge >= 0.3 is 0 Å². The number of sulfonamides is 1. The highest BCUT2D eigenvalue weighted by Crippen LogP contribution is 2.29. The lowest BCUT2D eigenvalue weighted by molar-refractivity contribution is -0.140. The summed E-state index contributed by atoms with van der Waals surface area (Å²) in [6.07, 6.45) is 1.03. The first-order valence-electron chi connectivity index (χ1n) is 13.6. The van der Waals surface area contributed by atoms with Crippen LogP contribution in [0, 0.1) is 13.8 Å². The highest BCUT2D eigenvalue weighted by Gasteiger charge is 2.34. The number of carbonyl (C=O) groups is 2. The van der Waals surface area contributed by atoms with Gasteiger partial charge in [0.1, 0.15) is 12.6 Å². The van der Waals surface area contributed by atoms with Gasteiger partial charge in [0.2, 0.25) is 11.8 Å². The topological polar surface area (TPSA) is 86.8 Å². The number of rotatable bonds is 12. The summed E-state index contributed by atoms with van der Waals surface area (Å²) >= 11 is 12.6. The normalized spacial score (nSPS) is 12.9. The summed E-state index contributed by atoms with van der Waals surface area (Å²) in [5, 5.41) is 3.74. The van der Waals surface area contributed by atoms with Crippen LogP contribution in [0.1, 0.15) is 50.3 Å². The van der Waals surface area contributed by atoms with E-state index in [1.165, 1.54) is 17.0 Å². The van der Waals surface area contributed by atoms with E-state index in [0.29, 0.717) is 33.3 Å². The molecule has 0 aliphatic rings. The zero-order valence-electron chi connectivity index (χ0n) is 24.0. The average molecular weight is 619 g/mol. The summed E-state index contributed by atoms with van der Waals surface area (Å²) in [6, 6.07) is 17.3. The van der Waals surface area contributed by atoms with Crippen molar-refractivity contribution in [2.45, 2.75) is 71.0 Å². The Kier molecular flexibility index (Phi) is 11.2. The molecular weight excluding hydrogens is 581 g/mol. The highest BCUT2D eigenvalue weighted by molar-refractivity contribution is 7.92. The number of nitrogens with one attached hydrogen (secondary N) is 1. The van der Waals surface area contributed by atoms with Gasteiger partial charge in [-0.15, -0.1) is 0 Å². The third-order valence-electron chi connectivity index (χ3n) is 6.97. The van der Waals surface area contributed by atoms with Crippen molar-refractivity contribution in [2.75, 3.05) is 10.8 Å². The van der Waals surface area contributed by atoms with Crippen molar-refractivity contribution in [1.29, 1.82) is 0 Å². The number of halogens is 2. The fourth-order valence-electron chi connectivity index (χ4n) is 4.51. The maximum Gasteiger partial charge on any atom is 0.264 e. The largest absolute Gasteiger partial charge is 0.352 e. The van der Waals surface area contributed by atoms with E-state index in [1.54, 1.807) is 55.5 Å². The van der Waals surface area contributed by atoms with E-state index in [-0.39, 0.29) is 23.4 Å². The Hall–Kier alpha value is -3.07. The molecule has 0 saturated carbocycles. The van der Waals surface area contributed by atoms with Crippen molar-refractivity contribution in [3.63, 3.8) is 0 Å². The minimum Gasteiger partial charge on any atom is -0.352 e. The van der Waals surface area contributed by atoms with Crippen LogP contribution in [0.5, 0.6) is 0 Å². The molecule has 0 heterocycles. The average Bonchev–Trinajstić information content (AvgIpc) is 2.93. The lowest BCUT2D eigenvalue weighted by Crippen LogP contribution is -2.53. The zero-order chi connectivity index (χ0) is 30.3. The number of hydrogen-bond acceptors (Lipinski definition) is 4. The van der Waals surface area contributed by atoms with Gasteiger partial charge in [0, 0.05) is 22.6 Å². The van der Waals surface area contributed by atoms with Crippen LogP contribution >= 0.6 is 23.2 Å². The smallest absolute Gasteiger partial charge is 0.264 e. The molecule has 3 rings (SSSR count).